The van der Waals surface area contributed by atoms with Crippen LogP contribution in [0.25, 0.3) is 0 Å². The minimum Gasteiger partial charge on any atom is -0.336 e. The van der Waals surface area contributed by atoms with Crippen LogP contribution in [0.1, 0.15) is 6.92 Å². The molecule has 0 unspecified atom stereocenters. The van der Waals surface area contributed by atoms with Gasteiger partial charge in [0.2, 0.25) is 5.91 Å². The molecule has 0 aromatic heterocycles. The van der Waals surface area contributed by atoms with Gasteiger partial charge in [-0.05, 0) is 24.3 Å². The maximum absolute atomic E-state index is 11.8. The molecule has 114 valence electrons. The van der Waals surface area contributed by atoms with Crippen molar-refractivity contribution in [3.63, 3.8) is 0 Å². The number of hydrogen-bond donors (Lipinski definition) is 2. The molecule has 0 heterocycles. The summed E-state index contributed by atoms with van der Waals surface area (Å²) in [6.07, 6.45) is 0. The molecule has 2 aromatic carbocycles. The molecule has 22 heavy (non-hydrogen) atoms. The highest BCUT2D eigenvalue weighted by molar-refractivity contribution is 5.92. The first-order chi connectivity index (χ1) is 10.7. The Morgan fingerprint density at radius 2 is 1.55 bits per heavy atom. The summed E-state index contributed by atoms with van der Waals surface area (Å²) in [5.74, 6) is -0.0588. The van der Waals surface area contributed by atoms with Gasteiger partial charge < -0.3 is 15.5 Å². The Hall–Kier alpha value is -2.82. The van der Waals surface area contributed by atoms with Gasteiger partial charge in [0, 0.05) is 31.4 Å². The molecule has 0 fully saturated rings. The normalized spacial score (nSPS) is 9.86. The van der Waals surface area contributed by atoms with Crippen LogP contribution in [0, 0.1) is 0 Å². The second-order valence-corrected chi connectivity index (χ2v) is 4.75. The molecule has 0 radical (unpaired) electrons. The third-order valence-electron chi connectivity index (χ3n) is 3.10. The lowest BCUT2D eigenvalue weighted by atomic mass is 10.3. The zero-order valence-electron chi connectivity index (χ0n) is 12.5. The summed E-state index contributed by atoms with van der Waals surface area (Å²) in [5.41, 5.74) is 1.55. The number of nitrogens with zero attached hydrogens (tertiary/aromatic N) is 1. The Balaban J connectivity index is 1.83. The summed E-state index contributed by atoms with van der Waals surface area (Å²) in [7, 11) is 0. The van der Waals surface area contributed by atoms with Gasteiger partial charge >= 0.3 is 6.03 Å². The molecular weight excluding hydrogens is 278 g/mol. The number of nitrogens with one attached hydrogen (secondary N) is 2. The Bertz CT molecular complexity index is 614. The SMILES string of the molecule is CC(=O)N(CCNC(=O)Nc1ccccc1)c1ccccc1. The predicted molar refractivity (Wildman–Crippen MR) is 87.9 cm³/mol. The fourth-order valence-corrected chi connectivity index (χ4v) is 2.05. The molecule has 0 aliphatic heterocycles. The molecule has 0 aliphatic rings. The van der Waals surface area contributed by atoms with Gasteiger partial charge in [-0.3, -0.25) is 4.79 Å². The summed E-state index contributed by atoms with van der Waals surface area (Å²) >= 11 is 0. The Morgan fingerprint density at radius 1 is 0.955 bits per heavy atom. The number of amides is 3. The molecule has 3 amide bonds. The molecule has 2 aromatic rings. The molecule has 2 N–H and O–H groups in total. The van der Waals surface area contributed by atoms with Gasteiger partial charge in [0.15, 0.2) is 0 Å². The molecule has 0 atom stereocenters. The fraction of sp³-hybridized carbons (Fsp3) is 0.176. The molecule has 2 rings (SSSR count). The highest BCUT2D eigenvalue weighted by Crippen LogP contribution is 2.12. The number of hydrogen-bond acceptors (Lipinski definition) is 2. The van der Waals surface area contributed by atoms with E-state index in [1.807, 2.05) is 60.7 Å². The molecule has 0 spiro atoms. The third-order valence-corrected chi connectivity index (χ3v) is 3.10. The number of para-hydroxylation sites is 2. The molecule has 0 saturated heterocycles. The molecule has 0 aliphatic carbocycles. The monoisotopic (exact) mass is 297 g/mol. The number of carbonyl (C=O) groups is 2. The average molecular weight is 297 g/mol. The van der Waals surface area contributed by atoms with Crippen LogP contribution in [0.4, 0.5) is 16.2 Å². The second kappa shape index (κ2) is 7.83. The summed E-state index contributed by atoms with van der Waals surface area (Å²) in [4.78, 5) is 25.1. The van der Waals surface area contributed by atoms with Crippen LogP contribution in [0.3, 0.4) is 0 Å². The fourth-order valence-electron chi connectivity index (χ4n) is 2.05. The van der Waals surface area contributed by atoms with Crippen LogP contribution >= 0.6 is 0 Å². The highest BCUT2D eigenvalue weighted by atomic mass is 16.2. The predicted octanol–water partition coefficient (Wildman–Crippen LogP) is 2.86. The van der Waals surface area contributed by atoms with Crippen LogP contribution in [-0.2, 0) is 4.79 Å². The first-order valence-electron chi connectivity index (χ1n) is 7.10. The van der Waals surface area contributed by atoms with Crippen LogP contribution < -0.4 is 15.5 Å². The first-order valence-corrected chi connectivity index (χ1v) is 7.10. The molecule has 0 saturated carbocycles. The van der Waals surface area contributed by atoms with E-state index in [1.54, 1.807) is 4.90 Å². The van der Waals surface area contributed by atoms with Crippen molar-refractivity contribution in [2.45, 2.75) is 6.92 Å². The smallest absolute Gasteiger partial charge is 0.319 e. The maximum Gasteiger partial charge on any atom is 0.319 e. The van der Waals surface area contributed by atoms with E-state index in [2.05, 4.69) is 10.6 Å². The quantitative estimate of drug-likeness (QED) is 0.891. The van der Waals surface area contributed by atoms with Crippen molar-refractivity contribution < 1.29 is 9.59 Å². The Kier molecular flexibility index (Phi) is 5.54. The number of rotatable bonds is 5. The Morgan fingerprint density at radius 3 is 2.14 bits per heavy atom. The van der Waals surface area contributed by atoms with Gasteiger partial charge in [-0.15, -0.1) is 0 Å². The van der Waals surface area contributed by atoms with Gasteiger partial charge in [0.05, 0.1) is 0 Å². The van der Waals surface area contributed by atoms with Crippen molar-refractivity contribution in [2.24, 2.45) is 0 Å². The van der Waals surface area contributed by atoms with E-state index in [-0.39, 0.29) is 11.9 Å². The summed E-state index contributed by atoms with van der Waals surface area (Å²) in [5, 5.41) is 5.47. The van der Waals surface area contributed by atoms with Gasteiger partial charge in [0.25, 0.3) is 0 Å². The summed E-state index contributed by atoms with van der Waals surface area (Å²) in [6, 6.07) is 18.3. The zero-order valence-corrected chi connectivity index (χ0v) is 12.5. The number of anilines is 2. The van der Waals surface area contributed by atoms with Crippen molar-refractivity contribution in [3.8, 4) is 0 Å². The summed E-state index contributed by atoms with van der Waals surface area (Å²) < 4.78 is 0. The van der Waals surface area contributed by atoms with E-state index in [9.17, 15) is 9.59 Å². The van der Waals surface area contributed by atoms with E-state index in [1.165, 1.54) is 6.92 Å². The maximum atomic E-state index is 11.8. The van der Waals surface area contributed by atoms with Gasteiger partial charge in [0.1, 0.15) is 0 Å². The van der Waals surface area contributed by atoms with E-state index >= 15 is 0 Å². The lowest BCUT2D eigenvalue weighted by molar-refractivity contribution is -0.116. The molecule has 0 bridgehead atoms. The van der Waals surface area contributed by atoms with Crippen molar-refractivity contribution >= 4 is 23.3 Å². The van der Waals surface area contributed by atoms with Gasteiger partial charge in [-0.2, -0.15) is 0 Å². The van der Waals surface area contributed by atoms with Crippen molar-refractivity contribution in [3.05, 3.63) is 60.7 Å². The average Bonchev–Trinajstić information content (AvgIpc) is 2.53. The van der Waals surface area contributed by atoms with Gasteiger partial charge in [-0.25, -0.2) is 4.79 Å². The van der Waals surface area contributed by atoms with Crippen LogP contribution in [-0.4, -0.2) is 25.0 Å². The minimum atomic E-state index is -0.289. The standard InChI is InChI=1S/C17H19N3O2/c1-14(21)20(16-10-6-3-7-11-16)13-12-18-17(22)19-15-8-4-2-5-9-15/h2-11H,12-13H2,1H3,(H2,18,19,22). The number of carbonyl (C=O) groups excluding carboxylic acids is 2. The van der Waals surface area contributed by atoms with Crippen molar-refractivity contribution in [1.82, 2.24) is 5.32 Å². The minimum absolute atomic E-state index is 0.0588. The van der Waals surface area contributed by atoms with E-state index in [0.29, 0.717) is 13.1 Å². The number of benzene rings is 2. The molecule has 5 nitrogen and oxygen atoms in total. The van der Waals surface area contributed by atoms with Gasteiger partial charge in [-0.1, -0.05) is 36.4 Å². The lowest BCUT2D eigenvalue weighted by Crippen LogP contribution is -2.39. The number of urea groups is 1. The molecule has 5 heteroatoms. The summed E-state index contributed by atoms with van der Waals surface area (Å²) in [6.45, 7) is 2.30. The van der Waals surface area contributed by atoms with Crippen LogP contribution in [0.5, 0.6) is 0 Å². The first kappa shape index (κ1) is 15.6. The largest absolute Gasteiger partial charge is 0.336 e. The van der Waals surface area contributed by atoms with Crippen LogP contribution in [0.2, 0.25) is 0 Å². The molecular formula is C17H19N3O2. The second-order valence-electron chi connectivity index (χ2n) is 4.75. The van der Waals surface area contributed by atoms with E-state index in [0.717, 1.165) is 11.4 Å². The van der Waals surface area contributed by atoms with Crippen molar-refractivity contribution in [1.29, 1.82) is 0 Å². The lowest BCUT2D eigenvalue weighted by Gasteiger charge is -2.21. The van der Waals surface area contributed by atoms with E-state index < -0.39 is 0 Å². The Labute approximate surface area is 129 Å². The van der Waals surface area contributed by atoms with Crippen LogP contribution in [0.15, 0.2) is 60.7 Å². The van der Waals surface area contributed by atoms with E-state index in [4.69, 9.17) is 0 Å². The third kappa shape index (κ3) is 4.63. The van der Waals surface area contributed by atoms with Crippen molar-refractivity contribution in [2.75, 3.05) is 23.3 Å². The zero-order chi connectivity index (χ0) is 15.8. The topological polar surface area (TPSA) is 61.4 Å². The highest BCUT2D eigenvalue weighted by Gasteiger charge is 2.11.